The molecule has 0 aromatic carbocycles. The van der Waals surface area contributed by atoms with Crippen molar-refractivity contribution in [2.45, 2.75) is 27.9 Å². The van der Waals surface area contributed by atoms with Crippen LogP contribution in [0.3, 0.4) is 0 Å². The van der Waals surface area contributed by atoms with E-state index < -0.39 is 32.6 Å². The molecule has 0 aliphatic carbocycles. The molecule has 0 rings (SSSR count). The van der Waals surface area contributed by atoms with Crippen LogP contribution in [0, 0.1) is 5.92 Å². The zero-order valence-corrected chi connectivity index (χ0v) is 12.0. The number of carboxylic acids is 1. The van der Waals surface area contributed by atoms with Gasteiger partial charge < -0.3 is 0 Å². The molecule has 4 N–H and O–H groups in total. The first-order chi connectivity index (χ1) is 5.43. The van der Waals surface area contributed by atoms with Crippen LogP contribution in [0.2, 0.25) is 3.98 Å². The Labute approximate surface area is 81.3 Å². The summed E-state index contributed by atoms with van der Waals surface area (Å²) < 4.78 is 5.94. The number of hydrogen-bond acceptors (Lipinski definition) is 3. The Balaban J connectivity index is 3.76. The first-order valence-corrected chi connectivity index (χ1v) is 12.4. The van der Waals surface area contributed by atoms with E-state index in [0.29, 0.717) is 5.92 Å². The fraction of sp³-hybridized carbons (Fsp3) is 0.857. The normalized spacial score (nSPS) is 13.1. The number of hydrogen-bond donors (Lipinski definition) is 3. The molecule has 0 heterocycles. The van der Waals surface area contributed by atoms with Crippen molar-refractivity contribution in [3.05, 3.63) is 0 Å². The molecule has 4 nitrogen and oxygen atoms in total. The van der Waals surface area contributed by atoms with E-state index in [9.17, 15) is 9.90 Å². The van der Waals surface area contributed by atoms with Gasteiger partial charge in [-0.05, 0) is 0 Å². The summed E-state index contributed by atoms with van der Waals surface area (Å²) in [5.41, 5.74) is 0. The van der Waals surface area contributed by atoms with Crippen molar-refractivity contribution in [3.63, 3.8) is 0 Å². The number of aliphatic hydroxyl groups excluding tert-OH is 1. The van der Waals surface area contributed by atoms with Gasteiger partial charge in [0.05, 0.1) is 0 Å². The maximum atomic E-state index is 10.2. The van der Waals surface area contributed by atoms with E-state index in [1.807, 2.05) is 13.8 Å². The molecule has 70 valence electrons. The maximum absolute atomic E-state index is 10.2. The molecule has 0 unspecified atom stereocenters. The second kappa shape index (κ2) is 5.87. The second-order valence-electron chi connectivity index (χ2n) is 3.46. The number of nitrogens with two attached hydrogens (primary N) is 1. The van der Waals surface area contributed by atoms with Crippen molar-refractivity contribution >= 4 is 29.0 Å². The van der Waals surface area contributed by atoms with Crippen LogP contribution < -0.4 is 3.54 Å². The van der Waals surface area contributed by atoms with Crippen molar-refractivity contribution in [2.24, 2.45) is 9.46 Å². The monoisotopic (exact) mass is 367 g/mol. The van der Waals surface area contributed by atoms with Crippen LogP contribution in [0.1, 0.15) is 20.3 Å². The number of aliphatic carboxylic acids is 1. The summed E-state index contributed by atoms with van der Waals surface area (Å²) in [5.74, 6) is -0.480. The molecule has 0 aromatic rings. The molecule has 0 bridgehead atoms. The van der Waals surface area contributed by atoms with Gasteiger partial charge in [-0.2, -0.15) is 0 Å². The molecule has 5 heteroatoms. The van der Waals surface area contributed by atoms with E-state index in [0.717, 1.165) is 3.98 Å². The zero-order valence-electron chi connectivity index (χ0n) is 7.53. The van der Waals surface area contributed by atoms with Gasteiger partial charge in [0, 0.05) is 0 Å². The Morgan fingerprint density at radius 2 is 2.08 bits per heavy atom. The van der Waals surface area contributed by atoms with Gasteiger partial charge in [-0.3, -0.25) is 0 Å². The van der Waals surface area contributed by atoms with Gasteiger partial charge in [-0.25, -0.2) is 0 Å². The predicted octanol–water partition coefficient (Wildman–Crippen LogP) is -0.0326. The molecule has 0 radical (unpaired) electrons. The average molecular weight is 367 g/mol. The minimum atomic E-state index is -2.52. The van der Waals surface area contributed by atoms with E-state index in [1.54, 1.807) is 0 Å². The van der Waals surface area contributed by atoms with Gasteiger partial charge in [0.2, 0.25) is 0 Å². The zero-order chi connectivity index (χ0) is 9.72. The summed E-state index contributed by atoms with van der Waals surface area (Å²) in [7, 11) is 0. The quantitative estimate of drug-likeness (QED) is 0.597. The van der Waals surface area contributed by atoms with Crippen LogP contribution in [0.15, 0.2) is 0 Å². The first kappa shape index (κ1) is 12.3. The summed E-state index contributed by atoms with van der Waals surface area (Å²) in [5, 5.41) is 17.7. The molecule has 0 spiro atoms. The van der Waals surface area contributed by atoms with Crippen LogP contribution in [-0.4, -0.2) is 42.8 Å². The summed E-state index contributed by atoms with van der Waals surface area (Å²) in [6, 6.07) is 0. The van der Waals surface area contributed by atoms with Crippen LogP contribution in [0.4, 0.5) is 0 Å². The third-order valence-electron chi connectivity index (χ3n) is 1.62. The van der Waals surface area contributed by atoms with Crippen LogP contribution in [-0.2, 0) is 4.79 Å². The van der Waals surface area contributed by atoms with E-state index in [2.05, 4.69) is 0 Å². The van der Waals surface area contributed by atoms with Gasteiger partial charge in [0.25, 0.3) is 0 Å². The molecule has 0 amide bonds. The van der Waals surface area contributed by atoms with Crippen LogP contribution in [0.5, 0.6) is 0 Å². The molecule has 0 saturated carbocycles. The standard InChI is InChI=1S/C4H9.C3H5O3.H2N.Tl/c1-4(2)3;4-2-1-3(5)6;;/h4H,1H2,2-3H3;2,4H,1H2,(H,5,6);1H2;/q;;-1;+1. The number of carboxylic acid groups (broad SMARTS) is 1. The van der Waals surface area contributed by atoms with Gasteiger partial charge in [-0.15, -0.1) is 0 Å². The van der Waals surface area contributed by atoms with E-state index in [1.165, 1.54) is 0 Å². The molecular formula is C7H16NO3Tl. The SMILES string of the molecule is CC(C)[CH2][Tl]([NH2])[C@@H](O)CC(=O)O. The molecule has 0 aromatic heterocycles. The van der Waals surface area contributed by atoms with Crippen molar-refractivity contribution in [1.29, 1.82) is 0 Å². The topological polar surface area (TPSA) is 83.5 Å². The molecule has 1 atom stereocenters. The Morgan fingerprint density at radius 1 is 1.58 bits per heavy atom. The Morgan fingerprint density at radius 3 is 2.42 bits per heavy atom. The second-order valence-corrected chi connectivity index (χ2v) is 13.4. The third kappa shape index (κ3) is 5.90. The van der Waals surface area contributed by atoms with E-state index in [-0.39, 0.29) is 6.42 Å². The molecular weight excluding hydrogens is 350 g/mol. The van der Waals surface area contributed by atoms with Crippen molar-refractivity contribution in [3.8, 4) is 0 Å². The summed E-state index contributed by atoms with van der Waals surface area (Å²) in [6.45, 7) is 4.07. The predicted molar refractivity (Wildman–Crippen MR) is 47.8 cm³/mol. The Bertz CT molecular complexity index is 152. The first-order valence-electron chi connectivity index (χ1n) is 4.09. The molecule has 0 aliphatic heterocycles. The Hall–Kier alpha value is 0.312. The van der Waals surface area contributed by atoms with Crippen molar-refractivity contribution < 1.29 is 15.0 Å². The van der Waals surface area contributed by atoms with Gasteiger partial charge in [-0.1, -0.05) is 0 Å². The van der Waals surface area contributed by atoms with Crippen LogP contribution in [0.25, 0.3) is 0 Å². The van der Waals surface area contributed by atoms with Gasteiger partial charge in [0.1, 0.15) is 0 Å². The summed E-state index contributed by atoms with van der Waals surface area (Å²) >= 11 is -2.52. The fourth-order valence-corrected chi connectivity index (χ4v) is 8.45. The van der Waals surface area contributed by atoms with Crippen molar-refractivity contribution in [1.82, 2.24) is 0 Å². The summed E-state index contributed by atoms with van der Waals surface area (Å²) in [4.78, 5) is 10.2. The summed E-state index contributed by atoms with van der Waals surface area (Å²) in [6.07, 6.45) is -0.171. The number of carbonyl (C=O) groups is 1. The molecule has 0 aliphatic rings. The van der Waals surface area contributed by atoms with Crippen molar-refractivity contribution in [2.75, 3.05) is 0 Å². The Kier molecular flexibility index (Phi) is 6.03. The minimum absolute atomic E-state index is 0.171. The fourth-order valence-electron chi connectivity index (χ4n) is 1.03. The molecule has 0 fully saturated rings. The van der Waals surface area contributed by atoms with Gasteiger partial charge >= 0.3 is 81.4 Å². The van der Waals surface area contributed by atoms with E-state index in [4.69, 9.17) is 8.65 Å². The number of aliphatic hydroxyl groups is 1. The van der Waals surface area contributed by atoms with E-state index >= 15 is 0 Å². The third-order valence-corrected chi connectivity index (χ3v) is 12.2. The number of rotatable bonds is 5. The molecule has 12 heavy (non-hydrogen) atoms. The van der Waals surface area contributed by atoms with Crippen LogP contribution >= 0.6 is 0 Å². The molecule has 0 saturated heterocycles. The van der Waals surface area contributed by atoms with Gasteiger partial charge in [0.15, 0.2) is 0 Å². The average Bonchev–Trinajstić information content (AvgIpc) is 1.84.